The lowest BCUT2D eigenvalue weighted by atomic mass is 10.2. The summed E-state index contributed by atoms with van der Waals surface area (Å²) >= 11 is 0. The van der Waals surface area contributed by atoms with Crippen LogP contribution in [0.5, 0.6) is 11.9 Å². The van der Waals surface area contributed by atoms with Crippen LogP contribution in [-0.4, -0.2) is 64.0 Å². The molecule has 1 fully saturated rings. The van der Waals surface area contributed by atoms with Crippen molar-refractivity contribution >= 4 is 11.9 Å². The highest BCUT2D eigenvalue weighted by Gasteiger charge is 2.19. The van der Waals surface area contributed by atoms with Crippen LogP contribution in [0.15, 0.2) is 55.4 Å². The molecule has 0 bridgehead atoms. The summed E-state index contributed by atoms with van der Waals surface area (Å²) in [4.78, 5) is 34.3. The molecule has 0 radical (unpaired) electrons. The van der Waals surface area contributed by atoms with Crippen LogP contribution in [0.25, 0.3) is 0 Å². The lowest BCUT2D eigenvalue weighted by Gasteiger charge is -2.32. The number of anilines is 1. The monoisotopic (exact) mass is 421 g/mol. The Bertz CT molecular complexity index is 964. The fourth-order valence-corrected chi connectivity index (χ4v) is 2.90. The molecule has 162 valence electrons. The molecule has 31 heavy (non-hydrogen) atoms. The molecule has 0 spiro atoms. The van der Waals surface area contributed by atoms with Crippen LogP contribution in [0.1, 0.15) is 23.1 Å². The number of ether oxygens (including phenoxy) is 1. The van der Waals surface area contributed by atoms with E-state index >= 15 is 0 Å². The van der Waals surface area contributed by atoms with Crippen LogP contribution in [-0.2, 0) is 6.42 Å². The zero-order valence-electron chi connectivity index (χ0n) is 17.9. The number of rotatable bonds is 8. The first-order valence-corrected chi connectivity index (χ1v) is 10.1. The Kier molecular flexibility index (Phi) is 7.45. The third-order valence-corrected chi connectivity index (χ3v) is 4.72. The molecule has 9 heteroatoms. The highest BCUT2D eigenvalue weighted by molar-refractivity contribution is 5.95. The molecule has 0 aromatic carbocycles. The smallest absolute Gasteiger partial charge is 0.328 e. The molecule has 0 aliphatic carbocycles. The number of likely N-dealkylation sites (N-methyl/N-ethyl adjacent to an activating group) is 1. The van der Waals surface area contributed by atoms with Gasteiger partial charge in [-0.05, 0) is 25.3 Å². The predicted molar refractivity (Wildman–Crippen MR) is 119 cm³/mol. The molecule has 9 nitrogen and oxygen atoms in total. The molecule has 1 aliphatic heterocycles. The van der Waals surface area contributed by atoms with Crippen LogP contribution in [0.4, 0.5) is 5.95 Å². The second-order valence-electron chi connectivity index (χ2n) is 6.98. The first-order valence-electron chi connectivity index (χ1n) is 10.1. The zero-order valence-corrected chi connectivity index (χ0v) is 17.9. The van der Waals surface area contributed by atoms with Gasteiger partial charge in [0.15, 0.2) is 0 Å². The predicted octanol–water partition coefficient (Wildman–Crippen LogP) is 2.36. The number of aryl methyl sites for hydroxylation is 1. The van der Waals surface area contributed by atoms with Crippen LogP contribution in [0, 0.1) is 0 Å². The van der Waals surface area contributed by atoms with E-state index in [-0.39, 0.29) is 11.9 Å². The third kappa shape index (κ3) is 5.95. The molecule has 1 amide bonds. The van der Waals surface area contributed by atoms with Gasteiger partial charge < -0.3 is 19.9 Å². The highest BCUT2D eigenvalue weighted by atomic mass is 16.5. The molecular weight excluding hydrogens is 394 g/mol. The van der Waals surface area contributed by atoms with E-state index < -0.39 is 0 Å². The number of piperazine rings is 1. The van der Waals surface area contributed by atoms with Gasteiger partial charge in [-0.2, -0.15) is 15.0 Å². The van der Waals surface area contributed by atoms with Gasteiger partial charge in [-0.15, -0.1) is 0 Å². The van der Waals surface area contributed by atoms with Crippen molar-refractivity contribution < 1.29 is 9.53 Å². The van der Waals surface area contributed by atoms with Crippen molar-refractivity contribution in [1.29, 1.82) is 0 Å². The fourth-order valence-electron chi connectivity index (χ4n) is 2.90. The normalized spacial score (nSPS) is 14.8. The van der Waals surface area contributed by atoms with Gasteiger partial charge in [0.25, 0.3) is 5.91 Å². The summed E-state index contributed by atoms with van der Waals surface area (Å²) in [5.74, 6) is 1.25. The number of aromatic nitrogens is 4. The fraction of sp³-hybridized carbons (Fsp3) is 0.318. The summed E-state index contributed by atoms with van der Waals surface area (Å²) in [5, 5.41) is 2.73. The van der Waals surface area contributed by atoms with E-state index in [9.17, 15) is 4.79 Å². The molecule has 0 atom stereocenters. The molecular formula is C22H27N7O2. The Labute approximate surface area is 182 Å². The van der Waals surface area contributed by atoms with E-state index in [0.29, 0.717) is 35.3 Å². The lowest BCUT2D eigenvalue weighted by molar-refractivity contribution is 0.0967. The van der Waals surface area contributed by atoms with E-state index in [2.05, 4.69) is 55.3 Å². The largest absolute Gasteiger partial charge is 0.405 e. The Balaban J connectivity index is 1.72. The van der Waals surface area contributed by atoms with Gasteiger partial charge in [0.2, 0.25) is 11.8 Å². The zero-order chi connectivity index (χ0) is 22.2. The number of amides is 1. The minimum Gasteiger partial charge on any atom is -0.405 e. The maximum atomic E-state index is 12.3. The van der Waals surface area contributed by atoms with Gasteiger partial charge >= 0.3 is 6.01 Å². The minimum absolute atomic E-state index is 0.188. The van der Waals surface area contributed by atoms with E-state index in [4.69, 9.17) is 4.74 Å². The van der Waals surface area contributed by atoms with Crippen LogP contribution in [0.2, 0.25) is 0 Å². The summed E-state index contributed by atoms with van der Waals surface area (Å²) in [6, 6.07) is 3.41. The second-order valence-corrected chi connectivity index (χ2v) is 6.98. The summed E-state index contributed by atoms with van der Waals surface area (Å²) in [7, 11) is 2.10. The minimum atomic E-state index is -0.308. The maximum absolute atomic E-state index is 12.3. The van der Waals surface area contributed by atoms with Crippen molar-refractivity contribution in [1.82, 2.24) is 30.2 Å². The number of carbonyl (C=O) groups excluding carboxylic acids is 1. The summed E-state index contributed by atoms with van der Waals surface area (Å²) in [5.41, 5.74) is 0.932. The van der Waals surface area contributed by atoms with Gasteiger partial charge in [-0.25, -0.2) is 4.98 Å². The Morgan fingerprint density at radius 1 is 1.19 bits per heavy atom. The molecule has 1 aliphatic rings. The molecule has 0 unspecified atom stereocenters. The lowest BCUT2D eigenvalue weighted by Crippen LogP contribution is -2.45. The number of pyridine rings is 1. The van der Waals surface area contributed by atoms with E-state index in [0.717, 1.165) is 26.2 Å². The molecule has 3 heterocycles. The maximum Gasteiger partial charge on any atom is 0.328 e. The Hall–Kier alpha value is -3.59. The quantitative estimate of drug-likeness (QED) is 0.649. The molecule has 1 saturated heterocycles. The number of hydrogen-bond donors (Lipinski definition) is 1. The topological polar surface area (TPSA) is 96.4 Å². The first kappa shape index (κ1) is 22.1. The first-order chi connectivity index (χ1) is 15.0. The van der Waals surface area contributed by atoms with Crippen LogP contribution < -0.4 is 15.0 Å². The number of carbonyl (C=O) groups is 1. The molecule has 3 rings (SSSR count). The van der Waals surface area contributed by atoms with Crippen molar-refractivity contribution in [2.24, 2.45) is 0 Å². The van der Waals surface area contributed by atoms with Crippen molar-refractivity contribution in [2.45, 2.75) is 13.3 Å². The number of allylic oxidation sites excluding steroid dienone is 3. The SMILES string of the molecule is C=CC=C(C=C)NC(=O)c1ccc(Oc2nc(CC)nc(N3CCN(C)CC3)n2)nc1. The Morgan fingerprint density at radius 3 is 2.58 bits per heavy atom. The van der Waals surface area contributed by atoms with Crippen molar-refractivity contribution in [2.75, 3.05) is 38.1 Å². The van der Waals surface area contributed by atoms with Gasteiger partial charge in [-0.1, -0.05) is 26.2 Å². The molecule has 2 aromatic heterocycles. The van der Waals surface area contributed by atoms with Gasteiger partial charge in [0, 0.05) is 50.6 Å². The second kappa shape index (κ2) is 10.4. The van der Waals surface area contributed by atoms with E-state index in [1.807, 2.05) is 6.92 Å². The summed E-state index contributed by atoms with van der Waals surface area (Å²) in [6.45, 7) is 12.8. The third-order valence-electron chi connectivity index (χ3n) is 4.72. The van der Waals surface area contributed by atoms with Gasteiger partial charge in [-0.3, -0.25) is 4.79 Å². The highest BCUT2D eigenvalue weighted by Crippen LogP contribution is 2.19. The van der Waals surface area contributed by atoms with Crippen molar-refractivity contribution in [3.05, 3.63) is 66.8 Å². The van der Waals surface area contributed by atoms with Crippen LogP contribution in [0.3, 0.4) is 0 Å². The summed E-state index contributed by atoms with van der Waals surface area (Å²) < 4.78 is 5.77. The molecule has 0 saturated carbocycles. The number of hydrogen-bond acceptors (Lipinski definition) is 8. The van der Waals surface area contributed by atoms with Crippen molar-refractivity contribution in [3.63, 3.8) is 0 Å². The van der Waals surface area contributed by atoms with E-state index in [1.54, 1.807) is 24.3 Å². The Morgan fingerprint density at radius 2 is 1.97 bits per heavy atom. The molecule has 2 aromatic rings. The van der Waals surface area contributed by atoms with Gasteiger partial charge in [0.1, 0.15) is 5.82 Å². The summed E-state index contributed by atoms with van der Waals surface area (Å²) in [6.07, 6.45) is 6.86. The van der Waals surface area contributed by atoms with Crippen LogP contribution >= 0.6 is 0 Å². The standard InChI is InChI=1S/C22H27N7O2/c1-5-8-17(6-2)24-20(30)16-9-10-19(23-15-16)31-22-26-18(7-3)25-21(27-22)29-13-11-28(4)12-14-29/h5-6,8-10,15H,1-2,7,11-14H2,3-4H3,(H,24,30). The average molecular weight is 422 g/mol. The molecule has 1 N–H and O–H groups in total. The van der Waals surface area contributed by atoms with Crippen molar-refractivity contribution in [3.8, 4) is 11.9 Å². The van der Waals surface area contributed by atoms with E-state index in [1.165, 1.54) is 12.3 Å². The van der Waals surface area contributed by atoms with Gasteiger partial charge in [0.05, 0.1) is 5.56 Å². The number of nitrogens with one attached hydrogen (secondary N) is 1. The average Bonchev–Trinajstić information content (AvgIpc) is 2.79. The number of nitrogens with zero attached hydrogens (tertiary/aromatic N) is 6.